The molecular formula is C15H13BrClN3O4S. The van der Waals surface area contributed by atoms with E-state index in [1.54, 1.807) is 6.07 Å². The number of non-ortho nitro benzene ring substituents is 1. The van der Waals surface area contributed by atoms with Crippen molar-refractivity contribution in [2.24, 2.45) is 5.14 Å². The summed E-state index contributed by atoms with van der Waals surface area (Å²) < 4.78 is 24.3. The molecule has 10 heteroatoms. The molecule has 0 unspecified atom stereocenters. The molecule has 0 saturated heterocycles. The number of benzene rings is 2. The van der Waals surface area contributed by atoms with Crippen LogP contribution in [-0.2, 0) is 23.0 Å². The number of fused-ring (bicyclic) bond motifs is 1. The van der Waals surface area contributed by atoms with E-state index in [0.717, 1.165) is 21.7 Å². The predicted octanol–water partition coefficient (Wildman–Crippen LogP) is 3.22. The fourth-order valence-corrected chi connectivity index (χ4v) is 4.21. The Morgan fingerprint density at radius 3 is 2.60 bits per heavy atom. The Hall–Kier alpha value is -1.68. The lowest BCUT2D eigenvalue weighted by Gasteiger charge is -2.32. The van der Waals surface area contributed by atoms with E-state index in [4.69, 9.17) is 16.7 Å². The number of halogens is 2. The van der Waals surface area contributed by atoms with Crippen molar-refractivity contribution in [1.29, 1.82) is 0 Å². The maximum absolute atomic E-state index is 11.6. The number of nitro groups is 1. The summed E-state index contributed by atoms with van der Waals surface area (Å²) in [5.41, 5.74) is 2.08. The van der Waals surface area contributed by atoms with Crippen LogP contribution in [0, 0.1) is 10.1 Å². The summed E-state index contributed by atoms with van der Waals surface area (Å²) in [6.45, 7) is 0.982. The molecule has 0 fully saturated rings. The van der Waals surface area contributed by atoms with Crippen LogP contribution >= 0.6 is 27.5 Å². The van der Waals surface area contributed by atoms with E-state index in [9.17, 15) is 18.5 Å². The molecule has 2 N–H and O–H groups in total. The number of sulfonamides is 1. The Balaban J connectivity index is 2.07. The number of nitrogens with zero attached hydrogens (tertiary/aromatic N) is 2. The number of primary sulfonamides is 1. The molecular weight excluding hydrogens is 434 g/mol. The van der Waals surface area contributed by atoms with Crippen LogP contribution in [0.25, 0.3) is 0 Å². The number of rotatable bonds is 3. The second kappa shape index (κ2) is 6.56. The molecule has 0 aromatic heterocycles. The largest absolute Gasteiger partial charge is 0.367 e. The summed E-state index contributed by atoms with van der Waals surface area (Å²) in [7, 11) is -4.06. The Bertz CT molecular complexity index is 981. The molecule has 1 aliphatic rings. The zero-order chi connectivity index (χ0) is 18.4. The van der Waals surface area contributed by atoms with Crippen LogP contribution in [-0.4, -0.2) is 19.9 Å². The molecule has 0 bridgehead atoms. The van der Waals surface area contributed by atoms with Gasteiger partial charge < -0.3 is 4.90 Å². The average Bonchev–Trinajstić information content (AvgIpc) is 2.56. The van der Waals surface area contributed by atoms with Gasteiger partial charge in [-0.2, -0.15) is 0 Å². The summed E-state index contributed by atoms with van der Waals surface area (Å²) in [6.07, 6.45) is 0.671. The standard InChI is InChI=1S/C15H13BrClN3O4S/c16-14-1-2-15(17)13-8-19(4-3-12(13)14)9-5-10(20(21)22)7-11(6-9)25(18,23)24/h1-2,5-7H,3-4,8H2,(H2,18,23,24). The van der Waals surface area contributed by atoms with Gasteiger partial charge in [0, 0.05) is 40.4 Å². The van der Waals surface area contributed by atoms with Crippen LogP contribution in [0.2, 0.25) is 5.02 Å². The molecule has 0 spiro atoms. The van der Waals surface area contributed by atoms with Crippen molar-refractivity contribution in [2.75, 3.05) is 11.4 Å². The summed E-state index contributed by atoms with van der Waals surface area (Å²) in [6, 6.07) is 7.30. The molecule has 0 radical (unpaired) electrons. The average molecular weight is 447 g/mol. The van der Waals surface area contributed by atoms with Crippen molar-refractivity contribution < 1.29 is 13.3 Å². The van der Waals surface area contributed by atoms with Crippen LogP contribution in [0.1, 0.15) is 11.1 Å². The highest BCUT2D eigenvalue weighted by Gasteiger charge is 2.24. The van der Waals surface area contributed by atoms with Crippen molar-refractivity contribution in [3.8, 4) is 0 Å². The second-order valence-electron chi connectivity index (χ2n) is 5.65. The molecule has 7 nitrogen and oxygen atoms in total. The molecule has 1 heterocycles. The molecule has 2 aromatic rings. The minimum atomic E-state index is -4.06. The van der Waals surface area contributed by atoms with Crippen LogP contribution in [0.3, 0.4) is 0 Å². The van der Waals surface area contributed by atoms with E-state index in [-0.39, 0.29) is 10.6 Å². The maximum atomic E-state index is 11.6. The first-order valence-electron chi connectivity index (χ1n) is 7.20. The third kappa shape index (κ3) is 3.64. The Labute approximate surface area is 157 Å². The van der Waals surface area contributed by atoms with Gasteiger partial charge in [-0.25, -0.2) is 13.6 Å². The molecule has 0 atom stereocenters. The lowest BCUT2D eigenvalue weighted by Crippen LogP contribution is -2.31. The summed E-state index contributed by atoms with van der Waals surface area (Å²) in [5.74, 6) is 0. The summed E-state index contributed by atoms with van der Waals surface area (Å²) in [5, 5.41) is 16.9. The normalized spacial score (nSPS) is 14.3. The fourth-order valence-electron chi connectivity index (χ4n) is 2.83. The Morgan fingerprint density at radius 1 is 1.24 bits per heavy atom. The molecule has 0 saturated carbocycles. The van der Waals surface area contributed by atoms with Crippen molar-refractivity contribution >= 4 is 48.9 Å². The molecule has 132 valence electrons. The fraction of sp³-hybridized carbons (Fsp3) is 0.200. The van der Waals surface area contributed by atoms with Gasteiger partial charge in [0.25, 0.3) is 5.69 Å². The van der Waals surface area contributed by atoms with Gasteiger partial charge in [-0.1, -0.05) is 27.5 Å². The van der Waals surface area contributed by atoms with E-state index in [1.807, 2.05) is 11.0 Å². The smallest absolute Gasteiger partial charge is 0.272 e. The second-order valence-corrected chi connectivity index (χ2v) is 8.47. The first-order valence-corrected chi connectivity index (χ1v) is 9.91. The predicted molar refractivity (Wildman–Crippen MR) is 98.4 cm³/mol. The van der Waals surface area contributed by atoms with Gasteiger partial charge in [-0.05, 0) is 35.7 Å². The zero-order valence-electron chi connectivity index (χ0n) is 12.8. The van der Waals surface area contributed by atoms with E-state index in [2.05, 4.69) is 15.9 Å². The highest BCUT2D eigenvalue weighted by atomic mass is 79.9. The van der Waals surface area contributed by atoms with E-state index < -0.39 is 14.9 Å². The van der Waals surface area contributed by atoms with Crippen molar-refractivity contribution in [3.05, 3.63) is 61.1 Å². The third-order valence-electron chi connectivity index (χ3n) is 4.08. The topological polar surface area (TPSA) is 107 Å². The molecule has 1 aliphatic heterocycles. The number of hydrogen-bond acceptors (Lipinski definition) is 5. The van der Waals surface area contributed by atoms with Crippen molar-refractivity contribution in [1.82, 2.24) is 0 Å². The molecule has 3 rings (SSSR count). The van der Waals surface area contributed by atoms with E-state index in [1.165, 1.54) is 12.1 Å². The molecule has 25 heavy (non-hydrogen) atoms. The Kier molecular flexibility index (Phi) is 4.76. The van der Waals surface area contributed by atoms with Crippen LogP contribution in [0.5, 0.6) is 0 Å². The molecule has 2 aromatic carbocycles. The van der Waals surface area contributed by atoms with Gasteiger partial charge in [0.2, 0.25) is 10.0 Å². The summed E-state index contributed by atoms with van der Waals surface area (Å²) >= 11 is 9.78. The van der Waals surface area contributed by atoms with Gasteiger partial charge in [0.1, 0.15) is 0 Å². The van der Waals surface area contributed by atoms with Gasteiger partial charge in [0.15, 0.2) is 0 Å². The first kappa shape index (κ1) is 18.1. The number of hydrogen-bond donors (Lipinski definition) is 1. The van der Waals surface area contributed by atoms with Crippen LogP contribution < -0.4 is 10.0 Å². The van der Waals surface area contributed by atoms with E-state index >= 15 is 0 Å². The van der Waals surface area contributed by atoms with Gasteiger partial charge in [-0.15, -0.1) is 0 Å². The first-order chi connectivity index (χ1) is 11.7. The quantitative estimate of drug-likeness (QED) is 0.575. The number of nitrogens with two attached hydrogens (primary N) is 1. The van der Waals surface area contributed by atoms with E-state index in [0.29, 0.717) is 30.2 Å². The van der Waals surface area contributed by atoms with Gasteiger partial charge >= 0.3 is 0 Å². The van der Waals surface area contributed by atoms with Crippen LogP contribution in [0.15, 0.2) is 39.7 Å². The highest BCUT2D eigenvalue weighted by Crippen LogP contribution is 2.35. The third-order valence-corrected chi connectivity index (χ3v) is 6.07. The van der Waals surface area contributed by atoms with Crippen LogP contribution in [0.4, 0.5) is 11.4 Å². The molecule has 0 aliphatic carbocycles. The zero-order valence-corrected chi connectivity index (χ0v) is 15.9. The van der Waals surface area contributed by atoms with Crippen molar-refractivity contribution in [3.63, 3.8) is 0 Å². The van der Waals surface area contributed by atoms with Gasteiger partial charge in [-0.3, -0.25) is 10.1 Å². The summed E-state index contributed by atoms with van der Waals surface area (Å²) in [4.78, 5) is 12.1. The maximum Gasteiger partial charge on any atom is 0.272 e. The lowest BCUT2D eigenvalue weighted by molar-refractivity contribution is -0.385. The Morgan fingerprint density at radius 2 is 1.96 bits per heavy atom. The van der Waals surface area contributed by atoms with Crippen molar-refractivity contribution in [2.45, 2.75) is 17.9 Å². The monoisotopic (exact) mass is 445 g/mol. The number of anilines is 1. The minimum absolute atomic E-state index is 0.289. The highest BCUT2D eigenvalue weighted by molar-refractivity contribution is 9.10. The lowest BCUT2D eigenvalue weighted by atomic mass is 9.99. The SMILES string of the molecule is NS(=O)(=O)c1cc(N2CCc3c(Br)ccc(Cl)c3C2)cc([N+](=O)[O-])c1. The molecule has 0 amide bonds. The van der Waals surface area contributed by atoms with Gasteiger partial charge in [0.05, 0.1) is 9.82 Å². The number of nitro benzene ring substituents is 1. The minimum Gasteiger partial charge on any atom is -0.367 e.